The van der Waals surface area contributed by atoms with Gasteiger partial charge in [0.15, 0.2) is 0 Å². The van der Waals surface area contributed by atoms with E-state index in [0.29, 0.717) is 0 Å². The Hall–Kier alpha value is -1.28. The summed E-state index contributed by atoms with van der Waals surface area (Å²) in [5, 5.41) is 4.84. The van der Waals surface area contributed by atoms with Crippen molar-refractivity contribution in [1.29, 1.82) is 0 Å². The predicted molar refractivity (Wildman–Crippen MR) is 92.7 cm³/mol. The zero-order chi connectivity index (χ0) is 14.9. The van der Waals surface area contributed by atoms with E-state index in [-0.39, 0.29) is 0 Å². The molecule has 0 aliphatic rings. The largest absolute Gasteiger partial charge is 0.347 e. The van der Waals surface area contributed by atoms with Gasteiger partial charge in [-0.15, -0.1) is 0 Å². The lowest BCUT2D eigenvalue weighted by molar-refractivity contribution is 0.577. The second-order valence-electron chi connectivity index (χ2n) is 5.99. The van der Waals surface area contributed by atoms with Crippen LogP contribution in [0.2, 0.25) is 0 Å². The molecule has 21 heavy (non-hydrogen) atoms. The van der Waals surface area contributed by atoms with Crippen LogP contribution in [0.5, 0.6) is 0 Å². The van der Waals surface area contributed by atoms with Crippen molar-refractivity contribution in [3.63, 3.8) is 0 Å². The Morgan fingerprint density at radius 1 is 0.952 bits per heavy atom. The van der Waals surface area contributed by atoms with Crippen LogP contribution in [0.25, 0.3) is 10.9 Å². The van der Waals surface area contributed by atoms with Crippen LogP contribution >= 0.6 is 0 Å². The van der Waals surface area contributed by atoms with Crippen molar-refractivity contribution in [2.45, 2.75) is 65.5 Å². The molecular formula is C19H30N2. The number of unbranched alkanes of at least 4 members (excludes halogenated alkanes) is 4. The Bertz CT molecular complexity index is 527. The lowest BCUT2D eigenvalue weighted by atomic mass is 10.1. The van der Waals surface area contributed by atoms with Gasteiger partial charge in [-0.1, -0.05) is 45.6 Å². The average Bonchev–Trinajstić information content (AvgIpc) is 2.90. The van der Waals surface area contributed by atoms with E-state index >= 15 is 0 Å². The van der Waals surface area contributed by atoms with Gasteiger partial charge in [0.05, 0.1) is 0 Å². The molecule has 116 valence electrons. The molecule has 2 rings (SSSR count). The highest BCUT2D eigenvalue weighted by molar-refractivity contribution is 5.80. The van der Waals surface area contributed by atoms with Crippen molar-refractivity contribution < 1.29 is 0 Å². The molecule has 0 aliphatic heterocycles. The van der Waals surface area contributed by atoms with Gasteiger partial charge in [-0.05, 0) is 48.5 Å². The summed E-state index contributed by atoms with van der Waals surface area (Å²) in [5.74, 6) is 0. The molecule has 0 amide bonds. The minimum absolute atomic E-state index is 0.978. The molecule has 2 heteroatoms. The van der Waals surface area contributed by atoms with Gasteiger partial charge < -0.3 is 9.88 Å². The van der Waals surface area contributed by atoms with Gasteiger partial charge in [0, 0.05) is 24.8 Å². The zero-order valence-corrected chi connectivity index (χ0v) is 13.7. The number of hydrogen-bond donors (Lipinski definition) is 1. The van der Waals surface area contributed by atoms with Gasteiger partial charge in [-0.2, -0.15) is 0 Å². The van der Waals surface area contributed by atoms with Gasteiger partial charge >= 0.3 is 0 Å². The topological polar surface area (TPSA) is 17.0 Å². The molecule has 0 saturated heterocycles. The van der Waals surface area contributed by atoms with Gasteiger partial charge in [0.2, 0.25) is 0 Å². The molecule has 1 N–H and O–H groups in total. The van der Waals surface area contributed by atoms with E-state index in [4.69, 9.17) is 0 Å². The first-order chi connectivity index (χ1) is 10.3. The van der Waals surface area contributed by atoms with Crippen LogP contribution in [0.3, 0.4) is 0 Å². The molecule has 0 spiro atoms. The second kappa shape index (κ2) is 8.89. The van der Waals surface area contributed by atoms with Crippen LogP contribution < -0.4 is 5.32 Å². The number of rotatable bonds is 10. The molecule has 0 unspecified atom stereocenters. The summed E-state index contributed by atoms with van der Waals surface area (Å²) >= 11 is 0. The smallest absolute Gasteiger partial charge is 0.0480 e. The molecule has 0 radical (unpaired) electrons. The van der Waals surface area contributed by atoms with E-state index in [0.717, 1.165) is 19.6 Å². The third-order valence-corrected chi connectivity index (χ3v) is 4.09. The first kappa shape index (κ1) is 16.1. The minimum atomic E-state index is 0.978. The minimum Gasteiger partial charge on any atom is -0.347 e. The molecule has 0 atom stereocenters. The molecule has 1 aromatic carbocycles. The van der Waals surface area contributed by atoms with Gasteiger partial charge in [-0.25, -0.2) is 0 Å². The van der Waals surface area contributed by atoms with Crippen LogP contribution in [-0.4, -0.2) is 11.1 Å². The third-order valence-electron chi connectivity index (χ3n) is 4.09. The highest BCUT2D eigenvalue weighted by atomic mass is 14.9. The lowest BCUT2D eigenvalue weighted by Crippen LogP contribution is -2.13. The highest BCUT2D eigenvalue weighted by Gasteiger charge is 2.02. The van der Waals surface area contributed by atoms with E-state index in [1.54, 1.807) is 0 Å². The van der Waals surface area contributed by atoms with Crippen molar-refractivity contribution in [2.75, 3.05) is 6.54 Å². The first-order valence-corrected chi connectivity index (χ1v) is 8.63. The van der Waals surface area contributed by atoms with E-state index in [1.165, 1.54) is 55.0 Å². The van der Waals surface area contributed by atoms with E-state index in [1.807, 2.05) is 0 Å². The maximum absolute atomic E-state index is 3.47. The van der Waals surface area contributed by atoms with Crippen molar-refractivity contribution in [3.8, 4) is 0 Å². The summed E-state index contributed by atoms with van der Waals surface area (Å²) in [6, 6.07) is 9.12. The van der Waals surface area contributed by atoms with Crippen LogP contribution in [-0.2, 0) is 13.1 Å². The molecular weight excluding hydrogens is 256 g/mol. The fraction of sp³-hybridized carbons (Fsp3) is 0.579. The number of aromatic nitrogens is 1. The molecule has 0 saturated carbocycles. The predicted octanol–water partition coefficient (Wildman–Crippen LogP) is 5.11. The SMILES string of the molecule is CCCCCCCn1ccc2cc(CNCCC)ccc21. The number of fused-ring (bicyclic) bond motifs is 1. The number of nitrogens with zero attached hydrogens (tertiary/aromatic N) is 1. The average molecular weight is 286 g/mol. The normalized spacial score (nSPS) is 11.3. The van der Waals surface area contributed by atoms with Crippen molar-refractivity contribution >= 4 is 10.9 Å². The summed E-state index contributed by atoms with van der Waals surface area (Å²) in [6.45, 7) is 7.70. The summed E-state index contributed by atoms with van der Waals surface area (Å²) in [4.78, 5) is 0. The Balaban J connectivity index is 1.90. The number of aryl methyl sites for hydroxylation is 1. The standard InChI is InChI=1S/C19H30N2/c1-3-5-6-7-8-13-21-14-11-18-15-17(9-10-19(18)21)16-20-12-4-2/h9-11,14-15,20H,3-8,12-13,16H2,1-2H3. The first-order valence-electron chi connectivity index (χ1n) is 8.63. The van der Waals surface area contributed by atoms with Gasteiger partial charge in [0.25, 0.3) is 0 Å². The molecule has 0 fully saturated rings. The Morgan fingerprint density at radius 2 is 1.81 bits per heavy atom. The fourth-order valence-electron chi connectivity index (χ4n) is 2.85. The summed E-state index contributed by atoms with van der Waals surface area (Å²) in [5.41, 5.74) is 2.77. The van der Waals surface area contributed by atoms with Crippen molar-refractivity contribution in [1.82, 2.24) is 9.88 Å². The molecule has 2 aromatic rings. The molecule has 0 bridgehead atoms. The number of hydrogen-bond acceptors (Lipinski definition) is 1. The summed E-state index contributed by atoms with van der Waals surface area (Å²) < 4.78 is 2.41. The maximum Gasteiger partial charge on any atom is 0.0480 e. The molecule has 1 aromatic heterocycles. The molecule has 0 aliphatic carbocycles. The van der Waals surface area contributed by atoms with Gasteiger partial charge in [0.1, 0.15) is 0 Å². The van der Waals surface area contributed by atoms with Gasteiger partial charge in [-0.3, -0.25) is 0 Å². The van der Waals surface area contributed by atoms with Crippen LogP contribution in [0.15, 0.2) is 30.5 Å². The van der Waals surface area contributed by atoms with E-state index < -0.39 is 0 Å². The Kier molecular flexibility index (Phi) is 6.81. The summed E-state index contributed by atoms with van der Waals surface area (Å²) in [6.07, 6.45) is 10.2. The summed E-state index contributed by atoms with van der Waals surface area (Å²) in [7, 11) is 0. The monoisotopic (exact) mass is 286 g/mol. The maximum atomic E-state index is 3.47. The third kappa shape index (κ3) is 4.89. The quantitative estimate of drug-likeness (QED) is 0.600. The van der Waals surface area contributed by atoms with Crippen LogP contribution in [0.1, 0.15) is 57.9 Å². The highest BCUT2D eigenvalue weighted by Crippen LogP contribution is 2.19. The van der Waals surface area contributed by atoms with Crippen LogP contribution in [0, 0.1) is 0 Å². The fourth-order valence-corrected chi connectivity index (χ4v) is 2.85. The van der Waals surface area contributed by atoms with E-state index in [2.05, 4.69) is 54.2 Å². The number of nitrogens with one attached hydrogen (secondary N) is 1. The molecule has 1 heterocycles. The van der Waals surface area contributed by atoms with Crippen molar-refractivity contribution in [2.24, 2.45) is 0 Å². The zero-order valence-electron chi connectivity index (χ0n) is 13.7. The second-order valence-corrected chi connectivity index (χ2v) is 5.99. The molecule has 2 nitrogen and oxygen atoms in total. The van der Waals surface area contributed by atoms with Crippen LogP contribution in [0.4, 0.5) is 0 Å². The Morgan fingerprint density at radius 3 is 2.62 bits per heavy atom. The lowest BCUT2D eigenvalue weighted by Gasteiger charge is -2.07. The number of benzene rings is 1. The Labute approximate surface area is 129 Å². The van der Waals surface area contributed by atoms with E-state index in [9.17, 15) is 0 Å². The van der Waals surface area contributed by atoms with Crippen molar-refractivity contribution in [3.05, 3.63) is 36.0 Å².